The summed E-state index contributed by atoms with van der Waals surface area (Å²) in [5, 5.41) is 2.91. The average molecular weight is 362 g/mol. The molecule has 0 aliphatic heterocycles. The minimum absolute atomic E-state index is 0.0448. The third kappa shape index (κ3) is 3.18. The van der Waals surface area contributed by atoms with Crippen LogP contribution in [0.3, 0.4) is 0 Å². The standard InChI is InChI=1S/C17H13ClFN3O3/c1-21-16(24)11-4-2-3-5-14(11)22(17(21)25)9-15(23)20-13-7-6-10(18)8-12(13)19/h2-8H,9H2,1H3,(H,20,23). The van der Waals surface area contributed by atoms with Gasteiger partial charge in [0.2, 0.25) is 5.91 Å². The van der Waals surface area contributed by atoms with Crippen LogP contribution < -0.4 is 16.6 Å². The molecule has 0 unspecified atom stereocenters. The number of benzene rings is 2. The van der Waals surface area contributed by atoms with Gasteiger partial charge in [0, 0.05) is 12.1 Å². The second kappa shape index (κ2) is 6.52. The maximum absolute atomic E-state index is 13.8. The maximum Gasteiger partial charge on any atom is 0.331 e. The van der Waals surface area contributed by atoms with Gasteiger partial charge in [0.1, 0.15) is 12.4 Å². The molecule has 8 heteroatoms. The third-order valence-electron chi connectivity index (χ3n) is 3.75. The first-order valence-corrected chi connectivity index (χ1v) is 7.70. The van der Waals surface area contributed by atoms with Crippen LogP contribution in [0.15, 0.2) is 52.1 Å². The van der Waals surface area contributed by atoms with Crippen molar-refractivity contribution >= 4 is 34.1 Å². The Balaban J connectivity index is 1.99. The van der Waals surface area contributed by atoms with Gasteiger partial charge in [0.05, 0.1) is 16.6 Å². The van der Waals surface area contributed by atoms with Crippen LogP contribution in [0.25, 0.3) is 10.9 Å². The molecule has 0 fully saturated rings. The lowest BCUT2D eigenvalue weighted by molar-refractivity contribution is -0.116. The highest BCUT2D eigenvalue weighted by Crippen LogP contribution is 2.19. The molecular formula is C17H13ClFN3O3. The van der Waals surface area contributed by atoms with Crippen molar-refractivity contribution in [3.05, 3.63) is 74.1 Å². The molecule has 6 nitrogen and oxygen atoms in total. The number of carbonyl (C=O) groups excluding carboxylic acids is 1. The Morgan fingerprint density at radius 2 is 1.92 bits per heavy atom. The van der Waals surface area contributed by atoms with Gasteiger partial charge in [-0.15, -0.1) is 0 Å². The van der Waals surface area contributed by atoms with E-state index in [4.69, 9.17) is 11.6 Å². The Kier molecular flexibility index (Phi) is 4.41. The Hall–Kier alpha value is -2.93. The summed E-state index contributed by atoms with van der Waals surface area (Å²) < 4.78 is 15.9. The van der Waals surface area contributed by atoms with Crippen LogP contribution in [0, 0.1) is 5.82 Å². The number of nitrogens with zero attached hydrogens (tertiary/aromatic N) is 2. The molecule has 0 radical (unpaired) electrons. The molecule has 0 aliphatic rings. The van der Waals surface area contributed by atoms with Crippen molar-refractivity contribution in [1.29, 1.82) is 0 Å². The first-order chi connectivity index (χ1) is 11.9. The zero-order valence-electron chi connectivity index (χ0n) is 13.1. The van der Waals surface area contributed by atoms with Gasteiger partial charge in [-0.05, 0) is 30.3 Å². The lowest BCUT2D eigenvalue weighted by atomic mass is 10.2. The van der Waals surface area contributed by atoms with Crippen LogP contribution >= 0.6 is 11.6 Å². The predicted octanol–water partition coefficient (Wildman–Crippen LogP) is 2.13. The highest BCUT2D eigenvalue weighted by atomic mass is 35.5. The van der Waals surface area contributed by atoms with Crippen molar-refractivity contribution in [2.45, 2.75) is 6.54 Å². The average Bonchev–Trinajstić information content (AvgIpc) is 2.59. The van der Waals surface area contributed by atoms with Crippen LogP contribution in [0.2, 0.25) is 5.02 Å². The van der Waals surface area contributed by atoms with Crippen molar-refractivity contribution in [1.82, 2.24) is 9.13 Å². The molecule has 1 heterocycles. The van der Waals surface area contributed by atoms with Gasteiger partial charge >= 0.3 is 5.69 Å². The summed E-state index contributed by atoms with van der Waals surface area (Å²) in [5.41, 5.74) is -0.782. The van der Waals surface area contributed by atoms with Crippen LogP contribution in [0.4, 0.5) is 10.1 Å². The number of hydrogen-bond donors (Lipinski definition) is 1. The lowest BCUT2D eigenvalue weighted by Gasteiger charge is -2.12. The van der Waals surface area contributed by atoms with E-state index >= 15 is 0 Å². The zero-order valence-corrected chi connectivity index (χ0v) is 13.9. The number of para-hydroxylation sites is 1. The molecule has 3 rings (SSSR count). The summed E-state index contributed by atoms with van der Waals surface area (Å²) in [6, 6.07) is 10.3. The van der Waals surface area contributed by atoms with Crippen molar-refractivity contribution < 1.29 is 9.18 Å². The van der Waals surface area contributed by atoms with Crippen LogP contribution in [-0.4, -0.2) is 15.0 Å². The molecule has 128 valence electrons. The molecule has 2 aromatic carbocycles. The summed E-state index contributed by atoms with van der Waals surface area (Å²) in [6.45, 7) is -0.366. The lowest BCUT2D eigenvalue weighted by Crippen LogP contribution is -2.40. The van der Waals surface area contributed by atoms with Gasteiger partial charge in [0.25, 0.3) is 5.56 Å². The maximum atomic E-state index is 13.8. The monoisotopic (exact) mass is 361 g/mol. The van der Waals surface area contributed by atoms with Gasteiger partial charge in [-0.3, -0.25) is 18.7 Å². The van der Waals surface area contributed by atoms with Gasteiger partial charge < -0.3 is 5.32 Å². The largest absolute Gasteiger partial charge is 0.331 e. The number of amides is 1. The Morgan fingerprint density at radius 1 is 1.20 bits per heavy atom. The third-order valence-corrected chi connectivity index (χ3v) is 3.99. The summed E-state index contributed by atoms with van der Waals surface area (Å²) in [4.78, 5) is 36.8. The van der Waals surface area contributed by atoms with Gasteiger partial charge in [-0.2, -0.15) is 0 Å². The first-order valence-electron chi connectivity index (χ1n) is 7.32. The van der Waals surface area contributed by atoms with Crippen LogP contribution in [0.5, 0.6) is 0 Å². The van der Waals surface area contributed by atoms with Gasteiger partial charge in [-0.25, -0.2) is 9.18 Å². The molecule has 1 N–H and O–H groups in total. The highest BCUT2D eigenvalue weighted by molar-refractivity contribution is 6.30. The van der Waals surface area contributed by atoms with Crippen molar-refractivity contribution in [3.63, 3.8) is 0 Å². The number of fused-ring (bicyclic) bond motifs is 1. The molecule has 1 aromatic heterocycles. The molecule has 25 heavy (non-hydrogen) atoms. The molecule has 0 aliphatic carbocycles. The molecule has 0 bridgehead atoms. The Bertz CT molecular complexity index is 1100. The van der Waals surface area contributed by atoms with Crippen LogP contribution in [-0.2, 0) is 18.4 Å². The SMILES string of the molecule is Cn1c(=O)c2ccccc2n(CC(=O)Nc2ccc(Cl)cc2F)c1=O. The second-order valence-electron chi connectivity index (χ2n) is 5.42. The van der Waals surface area contributed by atoms with E-state index in [1.807, 2.05) is 0 Å². The summed E-state index contributed by atoms with van der Waals surface area (Å²) in [5.74, 6) is -1.29. The number of nitrogens with one attached hydrogen (secondary N) is 1. The van der Waals surface area contributed by atoms with E-state index in [-0.39, 0.29) is 17.3 Å². The van der Waals surface area contributed by atoms with Crippen molar-refractivity contribution in [2.75, 3.05) is 5.32 Å². The minimum Gasteiger partial charge on any atom is -0.322 e. The normalized spacial score (nSPS) is 10.8. The number of rotatable bonds is 3. The van der Waals surface area contributed by atoms with E-state index in [1.165, 1.54) is 23.7 Å². The van der Waals surface area contributed by atoms with Gasteiger partial charge in [0.15, 0.2) is 0 Å². The van der Waals surface area contributed by atoms with E-state index < -0.39 is 23.0 Å². The fourth-order valence-corrected chi connectivity index (χ4v) is 2.68. The molecule has 0 saturated heterocycles. The zero-order chi connectivity index (χ0) is 18.1. The van der Waals surface area contributed by atoms with Crippen molar-refractivity contribution in [2.24, 2.45) is 7.05 Å². The number of anilines is 1. The number of halogens is 2. The molecule has 1 amide bonds. The molecule has 0 atom stereocenters. The Labute approximate surface area is 146 Å². The Morgan fingerprint density at radius 3 is 2.64 bits per heavy atom. The quantitative estimate of drug-likeness (QED) is 0.776. The van der Waals surface area contributed by atoms with Crippen molar-refractivity contribution in [3.8, 4) is 0 Å². The first kappa shape index (κ1) is 16.9. The number of carbonyl (C=O) groups is 1. The highest BCUT2D eigenvalue weighted by Gasteiger charge is 2.14. The number of hydrogen-bond acceptors (Lipinski definition) is 3. The predicted molar refractivity (Wildman–Crippen MR) is 93.5 cm³/mol. The second-order valence-corrected chi connectivity index (χ2v) is 5.86. The molecule has 0 spiro atoms. The smallest absolute Gasteiger partial charge is 0.322 e. The summed E-state index contributed by atoms with van der Waals surface area (Å²) in [6.07, 6.45) is 0. The molecule has 0 saturated carbocycles. The van der Waals surface area contributed by atoms with E-state index in [0.29, 0.717) is 10.9 Å². The summed E-state index contributed by atoms with van der Waals surface area (Å²) in [7, 11) is 1.34. The fourth-order valence-electron chi connectivity index (χ4n) is 2.52. The minimum atomic E-state index is -0.682. The number of aromatic nitrogens is 2. The van der Waals surface area contributed by atoms with E-state index in [9.17, 15) is 18.8 Å². The van der Waals surface area contributed by atoms with E-state index in [2.05, 4.69) is 5.32 Å². The van der Waals surface area contributed by atoms with E-state index in [0.717, 1.165) is 10.6 Å². The van der Waals surface area contributed by atoms with Gasteiger partial charge in [-0.1, -0.05) is 23.7 Å². The molecule has 3 aromatic rings. The molecular weight excluding hydrogens is 349 g/mol. The van der Waals surface area contributed by atoms with E-state index in [1.54, 1.807) is 24.3 Å². The summed E-state index contributed by atoms with van der Waals surface area (Å²) >= 11 is 5.67. The van der Waals surface area contributed by atoms with Crippen LogP contribution in [0.1, 0.15) is 0 Å². The topological polar surface area (TPSA) is 73.1 Å². The fraction of sp³-hybridized carbons (Fsp3) is 0.118.